The van der Waals surface area contributed by atoms with Crippen LogP contribution in [0.1, 0.15) is 39.5 Å². The SMILES string of the molecule is CCC1COCCN1CCCC(N)(CC)C(=O)O. The summed E-state index contributed by atoms with van der Waals surface area (Å²) in [6, 6.07) is 0.470. The fraction of sp³-hybridized carbons (Fsp3) is 0.923. The van der Waals surface area contributed by atoms with Gasteiger partial charge in [-0.25, -0.2) is 0 Å². The first-order valence-corrected chi connectivity index (χ1v) is 6.87. The van der Waals surface area contributed by atoms with Crippen LogP contribution >= 0.6 is 0 Å². The Morgan fingerprint density at radius 1 is 1.56 bits per heavy atom. The van der Waals surface area contributed by atoms with Crippen LogP contribution in [0.3, 0.4) is 0 Å². The standard InChI is InChI=1S/C13H26N2O3/c1-3-11-10-18-9-8-15(11)7-5-6-13(14,4-2)12(16)17/h11H,3-10,14H2,1-2H3,(H,16,17). The number of carboxylic acids is 1. The van der Waals surface area contributed by atoms with Crippen molar-refractivity contribution in [1.29, 1.82) is 0 Å². The van der Waals surface area contributed by atoms with Crippen LogP contribution in [0.5, 0.6) is 0 Å². The molecule has 1 aliphatic rings. The third kappa shape index (κ3) is 3.93. The zero-order valence-electron chi connectivity index (χ0n) is 11.5. The molecule has 18 heavy (non-hydrogen) atoms. The number of hydrogen-bond donors (Lipinski definition) is 2. The Morgan fingerprint density at radius 3 is 2.83 bits per heavy atom. The van der Waals surface area contributed by atoms with Gasteiger partial charge in [-0.15, -0.1) is 0 Å². The Balaban J connectivity index is 2.38. The van der Waals surface area contributed by atoms with Gasteiger partial charge in [-0.05, 0) is 32.2 Å². The van der Waals surface area contributed by atoms with E-state index in [1.807, 2.05) is 6.92 Å². The Morgan fingerprint density at radius 2 is 2.28 bits per heavy atom. The Kier molecular flexibility index (Phi) is 6.05. The van der Waals surface area contributed by atoms with Gasteiger partial charge in [0.2, 0.25) is 0 Å². The van der Waals surface area contributed by atoms with Crippen molar-refractivity contribution in [1.82, 2.24) is 4.90 Å². The second-order valence-corrected chi connectivity index (χ2v) is 5.09. The number of ether oxygens (including phenoxy) is 1. The van der Waals surface area contributed by atoms with Crippen molar-refractivity contribution < 1.29 is 14.6 Å². The summed E-state index contributed by atoms with van der Waals surface area (Å²) < 4.78 is 5.45. The molecule has 0 aromatic heterocycles. The zero-order valence-corrected chi connectivity index (χ0v) is 11.5. The van der Waals surface area contributed by atoms with E-state index in [1.54, 1.807) is 0 Å². The second kappa shape index (κ2) is 7.07. The number of carbonyl (C=O) groups is 1. The molecule has 1 rings (SSSR count). The fourth-order valence-electron chi connectivity index (χ4n) is 2.39. The van der Waals surface area contributed by atoms with Gasteiger partial charge in [-0.2, -0.15) is 0 Å². The minimum Gasteiger partial charge on any atom is -0.480 e. The molecule has 5 nitrogen and oxygen atoms in total. The van der Waals surface area contributed by atoms with Crippen LogP contribution in [0.2, 0.25) is 0 Å². The van der Waals surface area contributed by atoms with Crippen molar-refractivity contribution in [2.45, 2.75) is 51.1 Å². The molecule has 0 radical (unpaired) electrons. The van der Waals surface area contributed by atoms with Crippen LogP contribution < -0.4 is 5.73 Å². The average Bonchev–Trinajstić information content (AvgIpc) is 2.38. The van der Waals surface area contributed by atoms with E-state index in [2.05, 4.69) is 11.8 Å². The van der Waals surface area contributed by atoms with Gasteiger partial charge >= 0.3 is 5.97 Å². The summed E-state index contributed by atoms with van der Waals surface area (Å²) in [7, 11) is 0. The first-order valence-electron chi connectivity index (χ1n) is 6.87. The minimum absolute atomic E-state index is 0.470. The van der Waals surface area contributed by atoms with Gasteiger partial charge in [0.25, 0.3) is 0 Å². The number of nitrogens with zero attached hydrogens (tertiary/aromatic N) is 1. The molecule has 1 saturated heterocycles. The third-order valence-corrected chi connectivity index (χ3v) is 3.95. The van der Waals surface area contributed by atoms with Gasteiger partial charge in [-0.3, -0.25) is 9.69 Å². The van der Waals surface area contributed by atoms with Crippen molar-refractivity contribution in [3.63, 3.8) is 0 Å². The van der Waals surface area contributed by atoms with Crippen LogP contribution in [-0.2, 0) is 9.53 Å². The molecule has 2 unspecified atom stereocenters. The highest BCUT2D eigenvalue weighted by molar-refractivity contribution is 5.78. The normalized spacial score (nSPS) is 24.7. The quantitative estimate of drug-likeness (QED) is 0.714. The second-order valence-electron chi connectivity index (χ2n) is 5.09. The Bertz CT molecular complexity index is 273. The highest BCUT2D eigenvalue weighted by atomic mass is 16.5. The summed E-state index contributed by atoms with van der Waals surface area (Å²) in [5.41, 5.74) is 4.82. The van der Waals surface area contributed by atoms with Crippen molar-refractivity contribution in [3.05, 3.63) is 0 Å². The molecule has 106 valence electrons. The first kappa shape index (κ1) is 15.4. The number of rotatable bonds is 7. The number of nitrogens with two attached hydrogens (primary N) is 1. The average molecular weight is 258 g/mol. The summed E-state index contributed by atoms with van der Waals surface area (Å²) in [4.78, 5) is 13.5. The van der Waals surface area contributed by atoms with Crippen LogP contribution in [0, 0.1) is 0 Å². The van der Waals surface area contributed by atoms with Gasteiger partial charge in [0.05, 0.1) is 13.2 Å². The van der Waals surface area contributed by atoms with Crippen molar-refractivity contribution in [2.24, 2.45) is 5.73 Å². The van der Waals surface area contributed by atoms with Gasteiger partial charge in [0.1, 0.15) is 5.54 Å². The maximum Gasteiger partial charge on any atom is 0.323 e. The molecule has 0 saturated carbocycles. The van der Waals surface area contributed by atoms with Gasteiger partial charge in [0, 0.05) is 12.6 Å². The lowest BCUT2D eigenvalue weighted by molar-refractivity contribution is -0.143. The maximum absolute atomic E-state index is 11.1. The molecular weight excluding hydrogens is 232 g/mol. The molecule has 1 fully saturated rings. The van der Waals surface area contributed by atoms with E-state index in [9.17, 15) is 4.79 Å². The lowest BCUT2D eigenvalue weighted by Gasteiger charge is -2.35. The van der Waals surface area contributed by atoms with Gasteiger partial charge < -0.3 is 15.6 Å². The molecule has 1 heterocycles. The number of morpholine rings is 1. The van der Waals surface area contributed by atoms with Gasteiger partial charge in [-0.1, -0.05) is 13.8 Å². The third-order valence-electron chi connectivity index (χ3n) is 3.95. The summed E-state index contributed by atoms with van der Waals surface area (Å²) in [5.74, 6) is -0.890. The molecule has 0 aromatic carbocycles. The monoisotopic (exact) mass is 258 g/mol. The molecule has 1 aliphatic heterocycles. The summed E-state index contributed by atoms with van der Waals surface area (Å²) >= 11 is 0. The van der Waals surface area contributed by atoms with E-state index in [0.29, 0.717) is 18.9 Å². The molecule has 5 heteroatoms. The molecule has 0 spiro atoms. The van der Waals surface area contributed by atoms with E-state index in [1.165, 1.54) is 0 Å². The molecule has 0 bridgehead atoms. The Hall–Kier alpha value is -0.650. The molecule has 0 aliphatic carbocycles. The van der Waals surface area contributed by atoms with Crippen molar-refractivity contribution >= 4 is 5.97 Å². The molecule has 0 amide bonds. The Labute approximate surface area is 109 Å². The van der Waals surface area contributed by atoms with E-state index >= 15 is 0 Å². The number of aliphatic carboxylic acids is 1. The molecule has 2 atom stereocenters. The van der Waals surface area contributed by atoms with Crippen molar-refractivity contribution in [3.8, 4) is 0 Å². The predicted octanol–water partition coefficient (Wildman–Crippen LogP) is 1.07. The lowest BCUT2D eigenvalue weighted by Crippen LogP contribution is -2.49. The highest BCUT2D eigenvalue weighted by Gasteiger charge is 2.31. The topological polar surface area (TPSA) is 75.8 Å². The van der Waals surface area contributed by atoms with E-state index < -0.39 is 11.5 Å². The van der Waals surface area contributed by atoms with Gasteiger partial charge in [0.15, 0.2) is 0 Å². The van der Waals surface area contributed by atoms with Crippen LogP contribution in [0.15, 0.2) is 0 Å². The fourth-order valence-corrected chi connectivity index (χ4v) is 2.39. The van der Waals surface area contributed by atoms with E-state index in [-0.39, 0.29) is 0 Å². The minimum atomic E-state index is -1.06. The zero-order chi connectivity index (χ0) is 13.6. The largest absolute Gasteiger partial charge is 0.480 e. The highest BCUT2D eigenvalue weighted by Crippen LogP contribution is 2.17. The van der Waals surface area contributed by atoms with E-state index in [0.717, 1.165) is 39.1 Å². The predicted molar refractivity (Wildman–Crippen MR) is 70.6 cm³/mol. The maximum atomic E-state index is 11.1. The summed E-state index contributed by atoms with van der Waals surface area (Å²) in [6.07, 6.45) is 2.91. The number of hydrogen-bond acceptors (Lipinski definition) is 4. The van der Waals surface area contributed by atoms with Crippen LogP contribution in [0.4, 0.5) is 0 Å². The van der Waals surface area contributed by atoms with Crippen molar-refractivity contribution in [2.75, 3.05) is 26.3 Å². The van der Waals surface area contributed by atoms with Crippen LogP contribution in [-0.4, -0.2) is 53.9 Å². The smallest absolute Gasteiger partial charge is 0.323 e. The summed E-state index contributed by atoms with van der Waals surface area (Å²) in [5, 5.41) is 9.11. The first-order chi connectivity index (χ1) is 8.53. The van der Waals surface area contributed by atoms with E-state index in [4.69, 9.17) is 15.6 Å². The molecule has 3 N–H and O–H groups in total. The lowest BCUT2D eigenvalue weighted by atomic mass is 9.91. The van der Waals surface area contributed by atoms with Crippen LogP contribution in [0.25, 0.3) is 0 Å². The molecule has 0 aromatic rings. The molecular formula is C13H26N2O3. The summed E-state index contributed by atoms with van der Waals surface area (Å²) in [6.45, 7) is 7.40. The number of carboxylic acid groups (broad SMARTS) is 1.